The summed E-state index contributed by atoms with van der Waals surface area (Å²) in [5.41, 5.74) is 0. The monoisotopic (exact) mass is 322 g/mol. The lowest BCUT2D eigenvalue weighted by Gasteiger charge is -2.26. The van der Waals surface area contributed by atoms with E-state index < -0.39 is 0 Å². The third-order valence-corrected chi connectivity index (χ3v) is 5.02. The van der Waals surface area contributed by atoms with Gasteiger partial charge >= 0.3 is 0 Å². The maximum absolute atomic E-state index is 12.4. The summed E-state index contributed by atoms with van der Waals surface area (Å²) in [5, 5.41) is 20.9. The van der Waals surface area contributed by atoms with Gasteiger partial charge in [-0.2, -0.15) is 4.80 Å². The third kappa shape index (κ3) is 4.26. The van der Waals surface area contributed by atoms with Crippen LogP contribution in [0.1, 0.15) is 25.7 Å². The molecule has 23 heavy (non-hydrogen) atoms. The standard InChI is InChI=1S/C15H26N6O2/c22-11-14-9-20(15(23)10-21-17-12-16-18-21)8-13(14)7-19-5-3-1-2-4-6-19/h12-14,22H,1-11H2/t13-,14-/m1/s1. The number of carbonyl (C=O) groups is 1. The number of hydrogen-bond acceptors (Lipinski definition) is 6. The van der Waals surface area contributed by atoms with Crippen LogP contribution in [-0.2, 0) is 11.3 Å². The fraction of sp³-hybridized carbons (Fsp3) is 0.867. The molecule has 3 rings (SSSR count). The van der Waals surface area contributed by atoms with Crippen LogP contribution in [-0.4, -0.2) is 80.4 Å². The average Bonchev–Trinajstić information content (AvgIpc) is 3.12. The maximum Gasteiger partial charge on any atom is 0.246 e. The molecular weight excluding hydrogens is 296 g/mol. The SMILES string of the molecule is O=C(Cn1ncnn1)N1C[C@@H](CN2CCCCCC2)[C@@H](CO)C1. The first-order valence-corrected chi connectivity index (χ1v) is 8.58. The Balaban J connectivity index is 1.55. The van der Waals surface area contributed by atoms with Crippen molar-refractivity contribution < 1.29 is 9.90 Å². The van der Waals surface area contributed by atoms with Gasteiger partial charge < -0.3 is 14.9 Å². The number of amides is 1. The fourth-order valence-electron chi connectivity index (χ4n) is 3.69. The number of aliphatic hydroxyl groups excluding tert-OH is 1. The van der Waals surface area contributed by atoms with E-state index in [4.69, 9.17) is 0 Å². The summed E-state index contributed by atoms with van der Waals surface area (Å²) in [6.45, 7) is 4.88. The van der Waals surface area contributed by atoms with Crippen LogP contribution in [0.3, 0.4) is 0 Å². The van der Waals surface area contributed by atoms with Crippen LogP contribution in [0.25, 0.3) is 0 Å². The van der Waals surface area contributed by atoms with Gasteiger partial charge in [0.2, 0.25) is 5.91 Å². The molecule has 0 unspecified atom stereocenters. The second kappa shape index (κ2) is 7.83. The van der Waals surface area contributed by atoms with E-state index in [1.165, 1.54) is 36.8 Å². The molecule has 3 heterocycles. The Hall–Kier alpha value is -1.54. The van der Waals surface area contributed by atoms with Crippen LogP contribution >= 0.6 is 0 Å². The molecule has 2 saturated heterocycles. The highest BCUT2D eigenvalue weighted by Crippen LogP contribution is 2.25. The number of nitrogens with zero attached hydrogens (tertiary/aromatic N) is 6. The number of aliphatic hydroxyl groups is 1. The molecule has 0 saturated carbocycles. The minimum atomic E-state index is -0.000170. The Kier molecular flexibility index (Phi) is 5.56. The van der Waals surface area contributed by atoms with Gasteiger partial charge in [0.05, 0.1) is 0 Å². The molecule has 2 fully saturated rings. The van der Waals surface area contributed by atoms with Crippen LogP contribution < -0.4 is 0 Å². The summed E-state index contributed by atoms with van der Waals surface area (Å²) in [6, 6.07) is 0. The molecule has 0 aliphatic carbocycles. The lowest BCUT2D eigenvalue weighted by molar-refractivity contribution is -0.131. The van der Waals surface area contributed by atoms with Crippen molar-refractivity contribution in [2.75, 3.05) is 39.3 Å². The predicted molar refractivity (Wildman–Crippen MR) is 83.4 cm³/mol. The van der Waals surface area contributed by atoms with Crippen molar-refractivity contribution in [1.82, 2.24) is 30.0 Å². The van der Waals surface area contributed by atoms with Gasteiger partial charge in [-0.1, -0.05) is 12.8 Å². The molecule has 1 aromatic heterocycles. The molecule has 1 amide bonds. The van der Waals surface area contributed by atoms with E-state index in [1.54, 1.807) is 0 Å². The molecule has 0 radical (unpaired) electrons. The highest BCUT2D eigenvalue weighted by atomic mass is 16.3. The van der Waals surface area contributed by atoms with Gasteiger partial charge in [0.1, 0.15) is 6.54 Å². The summed E-state index contributed by atoms with van der Waals surface area (Å²) in [6.07, 6.45) is 6.49. The fourth-order valence-corrected chi connectivity index (χ4v) is 3.69. The summed E-state index contributed by atoms with van der Waals surface area (Å²) in [5.74, 6) is 0.525. The van der Waals surface area contributed by atoms with E-state index in [2.05, 4.69) is 20.3 Å². The highest BCUT2D eigenvalue weighted by Gasteiger charge is 2.35. The van der Waals surface area contributed by atoms with E-state index in [0.29, 0.717) is 12.5 Å². The minimum absolute atomic E-state index is 0.000170. The minimum Gasteiger partial charge on any atom is -0.396 e. The second-order valence-electron chi connectivity index (χ2n) is 6.68. The normalized spacial score (nSPS) is 26.4. The Morgan fingerprint density at radius 1 is 1.13 bits per heavy atom. The first-order valence-electron chi connectivity index (χ1n) is 8.58. The van der Waals surface area contributed by atoms with Crippen molar-refractivity contribution in [2.24, 2.45) is 11.8 Å². The van der Waals surface area contributed by atoms with E-state index in [0.717, 1.165) is 26.2 Å². The van der Waals surface area contributed by atoms with E-state index >= 15 is 0 Å². The zero-order valence-corrected chi connectivity index (χ0v) is 13.5. The van der Waals surface area contributed by atoms with Gasteiger partial charge in [0, 0.05) is 32.2 Å². The molecule has 1 N–H and O–H groups in total. The Morgan fingerprint density at radius 2 is 1.87 bits per heavy atom. The van der Waals surface area contributed by atoms with Crippen molar-refractivity contribution in [3.05, 3.63) is 6.33 Å². The molecule has 2 aliphatic heterocycles. The number of hydrogen-bond donors (Lipinski definition) is 1. The molecule has 0 aromatic carbocycles. The smallest absolute Gasteiger partial charge is 0.246 e. The zero-order valence-electron chi connectivity index (χ0n) is 13.5. The molecule has 2 aliphatic rings. The number of tetrazole rings is 1. The van der Waals surface area contributed by atoms with E-state index in [9.17, 15) is 9.90 Å². The molecule has 8 heteroatoms. The summed E-state index contributed by atoms with van der Waals surface area (Å²) in [7, 11) is 0. The first-order chi connectivity index (χ1) is 11.3. The van der Waals surface area contributed by atoms with Crippen molar-refractivity contribution >= 4 is 5.91 Å². The molecule has 0 bridgehead atoms. The number of rotatable bonds is 5. The van der Waals surface area contributed by atoms with Crippen LogP contribution in [0.4, 0.5) is 0 Å². The summed E-state index contributed by atoms with van der Waals surface area (Å²) in [4.78, 5) is 18.0. The van der Waals surface area contributed by atoms with E-state index in [-0.39, 0.29) is 25.0 Å². The Labute approximate surface area is 136 Å². The number of carbonyl (C=O) groups excluding carboxylic acids is 1. The van der Waals surface area contributed by atoms with Gasteiger partial charge in [-0.25, -0.2) is 0 Å². The average molecular weight is 322 g/mol. The largest absolute Gasteiger partial charge is 0.396 e. The molecule has 8 nitrogen and oxygen atoms in total. The van der Waals surface area contributed by atoms with Gasteiger partial charge in [0.15, 0.2) is 6.33 Å². The van der Waals surface area contributed by atoms with E-state index in [1.807, 2.05) is 4.90 Å². The molecule has 0 spiro atoms. The first kappa shape index (κ1) is 16.3. The Bertz CT molecular complexity index is 486. The van der Waals surface area contributed by atoms with Gasteiger partial charge in [-0.15, -0.1) is 10.2 Å². The van der Waals surface area contributed by atoms with Crippen LogP contribution in [0.2, 0.25) is 0 Å². The molecule has 2 atom stereocenters. The molecular formula is C15H26N6O2. The van der Waals surface area contributed by atoms with Crippen LogP contribution in [0, 0.1) is 11.8 Å². The van der Waals surface area contributed by atoms with Crippen molar-refractivity contribution in [2.45, 2.75) is 32.2 Å². The quantitative estimate of drug-likeness (QED) is 0.795. The summed E-state index contributed by atoms with van der Waals surface area (Å²) < 4.78 is 0. The lowest BCUT2D eigenvalue weighted by Crippen LogP contribution is -2.35. The van der Waals surface area contributed by atoms with Crippen LogP contribution in [0.5, 0.6) is 0 Å². The summed E-state index contributed by atoms with van der Waals surface area (Å²) >= 11 is 0. The highest BCUT2D eigenvalue weighted by molar-refractivity contribution is 5.76. The Morgan fingerprint density at radius 3 is 2.52 bits per heavy atom. The van der Waals surface area contributed by atoms with Gasteiger partial charge in [-0.05, 0) is 37.1 Å². The zero-order chi connectivity index (χ0) is 16.1. The number of aromatic nitrogens is 4. The van der Waals surface area contributed by atoms with Gasteiger partial charge in [-0.3, -0.25) is 4.79 Å². The maximum atomic E-state index is 12.4. The predicted octanol–water partition coefficient (Wildman–Crippen LogP) is -0.384. The lowest BCUT2D eigenvalue weighted by atomic mass is 9.96. The molecule has 128 valence electrons. The third-order valence-electron chi connectivity index (χ3n) is 5.02. The van der Waals surface area contributed by atoms with Gasteiger partial charge in [0.25, 0.3) is 0 Å². The second-order valence-corrected chi connectivity index (χ2v) is 6.68. The molecule has 1 aromatic rings. The van der Waals surface area contributed by atoms with Crippen molar-refractivity contribution in [3.8, 4) is 0 Å². The van der Waals surface area contributed by atoms with Crippen molar-refractivity contribution in [1.29, 1.82) is 0 Å². The topological polar surface area (TPSA) is 87.4 Å². The van der Waals surface area contributed by atoms with Crippen LogP contribution in [0.15, 0.2) is 6.33 Å². The van der Waals surface area contributed by atoms with Crippen molar-refractivity contribution in [3.63, 3.8) is 0 Å². The number of likely N-dealkylation sites (tertiary alicyclic amines) is 2.